The smallest absolute Gasteiger partial charge is 0.335 e. The fourth-order valence-corrected chi connectivity index (χ4v) is 2.94. The molecule has 25 heavy (non-hydrogen) atoms. The average Bonchev–Trinajstić information content (AvgIpc) is 2.89. The van der Waals surface area contributed by atoms with Crippen molar-refractivity contribution in [3.63, 3.8) is 0 Å². The second-order valence-corrected chi connectivity index (χ2v) is 8.43. The number of halogens is 1. The van der Waals surface area contributed by atoms with Crippen molar-refractivity contribution in [3.8, 4) is 0 Å². The normalized spacial score (nSPS) is 12.7. The van der Waals surface area contributed by atoms with Gasteiger partial charge in [0.15, 0.2) is 11.5 Å². The van der Waals surface area contributed by atoms with Crippen LogP contribution in [0.15, 0.2) is 30.6 Å². The standard InChI is InChI=1S/C15H17FN5O3P/c1-15(2,25(22,23)24)10-5-3-4-9(6-10)7-21-8-18-11-12(17)19-14(16)20-13(11)21/h3-6,8H,7H2,1-2H3,(H2,17,19,20)(H2,22,23,24). The molecule has 3 rings (SSSR count). The van der Waals surface area contributed by atoms with E-state index in [0.717, 1.165) is 5.56 Å². The summed E-state index contributed by atoms with van der Waals surface area (Å²) in [5.41, 5.74) is 7.46. The van der Waals surface area contributed by atoms with Gasteiger partial charge in [-0.1, -0.05) is 24.3 Å². The van der Waals surface area contributed by atoms with Crippen molar-refractivity contribution in [2.45, 2.75) is 25.5 Å². The van der Waals surface area contributed by atoms with Gasteiger partial charge in [-0.15, -0.1) is 0 Å². The Labute approximate surface area is 142 Å². The quantitative estimate of drug-likeness (QED) is 0.477. The molecule has 1 aromatic carbocycles. The molecule has 0 bridgehead atoms. The van der Waals surface area contributed by atoms with Gasteiger partial charge in [0.05, 0.1) is 18.0 Å². The monoisotopic (exact) mass is 365 g/mol. The summed E-state index contributed by atoms with van der Waals surface area (Å²) in [7, 11) is -4.34. The molecule has 0 saturated heterocycles. The van der Waals surface area contributed by atoms with Gasteiger partial charge in [-0.3, -0.25) is 4.57 Å². The first-order valence-electron chi connectivity index (χ1n) is 7.38. The number of aromatic nitrogens is 4. The number of nitrogens with two attached hydrogens (primary N) is 1. The zero-order chi connectivity index (χ0) is 18.4. The van der Waals surface area contributed by atoms with E-state index in [0.29, 0.717) is 11.1 Å². The first-order chi connectivity index (χ1) is 11.6. The first kappa shape index (κ1) is 17.5. The number of hydrogen-bond donors (Lipinski definition) is 3. The Hall–Kier alpha value is -2.35. The largest absolute Gasteiger partial charge is 0.382 e. The number of nitrogen functional groups attached to an aromatic ring is 1. The Morgan fingerprint density at radius 1 is 1.32 bits per heavy atom. The molecule has 0 amide bonds. The van der Waals surface area contributed by atoms with Gasteiger partial charge in [-0.05, 0) is 25.0 Å². The van der Waals surface area contributed by atoms with Crippen molar-refractivity contribution in [1.82, 2.24) is 19.5 Å². The van der Waals surface area contributed by atoms with Crippen LogP contribution in [-0.2, 0) is 16.3 Å². The third-order valence-electron chi connectivity index (χ3n) is 4.18. The lowest BCUT2D eigenvalue weighted by molar-refractivity contribution is 0.338. The molecule has 0 atom stereocenters. The third kappa shape index (κ3) is 3.13. The Bertz CT molecular complexity index is 998. The van der Waals surface area contributed by atoms with E-state index in [1.165, 1.54) is 20.2 Å². The number of anilines is 1. The zero-order valence-corrected chi connectivity index (χ0v) is 14.5. The molecular weight excluding hydrogens is 348 g/mol. The fourth-order valence-electron chi connectivity index (χ4n) is 2.47. The molecule has 0 aliphatic rings. The van der Waals surface area contributed by atoms with Crippen LogP contribution in [0.3, 0.4) is 0 Å². The number of hydrogen-bond acceptors (Lipinski definition) is 5. The highest BCUT2D eigenvalue weighted by molar-refractivity contribution is 7.53. The highest BCUT2D eigenvalue weighted by atomic mass is 31.2. The van der Waals surface area contributed by atoms with Crippen molar-refractivity contribution in [1.29, 1.82) is 0 Å². The van der Waals surface area contributed by atoms with Crippen molar-refractivity contribution in [3.05, 3.63) is 47.8 Å². The lowest BCUT2D eigenvalue weighted by Crippen LogP contribution is -2.17. The molecule has 0 aliphatic heterocycles. The second-order valence-electron chi connectivity index (χ2n) is 6.23. The molecule has 132 valence electrons. The first-order valence-corrected chi connectivity index (χ1v) is 9.00. The predicted octanol–water partition coefficient (Wildman–Crippen LogP) is 2.01. The lowest BCUT2D eigenvalue weighted by atomic mass is 10.00. The van der Waals surface area contributed by atoms with Crippen molar-refractivity contribution in [2.75, 3.05) is 5.73 Å². The molecule has 0 unspecified atom stereocenters. The molecule has 0 radical (unpaired) electrons. The van der Waals surface area contributed by atoms with Gasteiger partial charge >= 0.3 is 13.7 Å². The summed E-state index contributed by atoms with van der Waals surface area (Å²) < 4.78 is 26.8. The molecule has 3 aromatic rings. The van der Waals surface area contributed by atoms with E-state index in [1.54, 1.807) is 28.8 Å². The summed E-state index contributed by atoms with van der Waals surface area (Å²) in [4.78, 5) is 30.4. The van der Waals surface area contributed by atoms with E-state index in [-0.39, 0.29) is 18.0 Å². The van der Waals surface area contributed by atoms with E-state index in [2.05, 4.69) is 15.0 Å². The minimum Gasteiger partial charge on any atom is -0.382 e. The predicted molar refractivity (Wildman–Crippen MR) is 90.3 cm³/mol. The fraction of sp³-hybridized carbons (Fsp3) is 0.267. The van der Waals surface area contributed by atoms with Crippen LogP contribution >= 0.6 is 7.60 Å². The SMILES string of the molecule is CC(C)(c1cccc(Cn2cnc3c(N)nc(F)nc32)c1)P(=O)(O)O. The Balaban J connectivity index is 2.00. The maximum atomic E-state index is 13.4. The number of benzene rings is 1. The molecule has 10 heteroatoms. The van der Waals surface area contributed by atoms with Gasteiger partial charge in [-0.2, -0.15) is 14.4 Å². The maximum Gasteiger partial charge on any atom is 0.335 e. The number of imidazole rings is 1. The molecule has 0 saturated carbocycles. The minimum atomic E-state index is -4.34. The van der Waals surface area contributed by atoms with Crippen molar-refractivity contribution < 1.29 is 18.7 Å². The molecule has 8 nitrogen and oxygen atoms in total. The lowest BCUT2D eigenvalue weighted by Gasteiger charge is -2.26. The van der Waals surface area contributed by atoms with E-state index in [4.69, 9.17) is 5.73 Å². The van der Waals surface area contributed by atoms with Crippen LogP contribution in [0.25, 0.3) is 11.2 Å². The molecule has 0 aliphatic carbocycles. The van der Waals surface area contributed by atoms with E-state index in [9.17, 15) is 18.7 Å². The highest BCUT2D eigenvalue weighted by Gasteiger charge is 2.39. The molecule has 4 N–H and O–H groups in total. The summed E-state index contributed by atoms with van der Waals surface area (Å²) >= 11 is 0. The van der Waals surface area contributed by atoms with E-state index >= 15 is 0 Å². The van der Waals surface area contributed by atoms with Crippen LogP contribution in [-0.4, -0.2) is 29.3 Å². The molecule has 2 aromatic heterocycles. The summed E-state index contributed by atoms with van der Waals surface area (Å²) in [6.45, 7) is 3.27. The van der Waals surface area contributed by atoms with Gasteiger partial charge in [-0.25, -0.2) is 4.98 Å². The zero-order valence-electron chi connectivity index (χ0n) is 13.6. The summed E-state index contributed by atoms with van der Waals surface area (Å²) in [5.74, 6) is -0.0439. The summed E-state index contributed by atoms with van der Waals surface area (Å²) in [6.07, 6.45) is 0.527. The van der Waals surface area contributed by atoms with Crippen LogP contribution in [0.1, 0.15) is 25.0 Å². The van der Waals surface area contributed by atoms with Gasteiger partial charge in [0.2, 0.25) is 0 Å². The Morgan fingerprint density at radius 3 is 2.72 bits per heavy atom. The third-order valence-corrected chi connectivity index (χ3v) is 5.89. The number of fused-ring (bicyclic) bond motifs is 1. The highest BCUT2D eigenvalue weighted by Crippen LogP contribution is 2.56. The summed E-state index contributed by atoms with van der Waals surface area (Å²) in [5, 5.41) is -1.32. The molecular formula is C15H17FN5O3P. The van der Waals surface area contributed by atoms with Gasteiger partial charge in [0, 0.05) is 0 Å². The van der Waals surface area contributed by atoms with Crippen LogP contribution < -0.4 is 5.73 Å². The topological polar surface area (TPSA) is 127 Å². The van der Waals surface area contributed by atoms with Gasteiger partial charge in [0.25, 0.3) is 0 Å². The van der Waals surface area contributed by atoms with Crippen LogP contribution in [0.4, 0.5) is 10.2 Å². The summed E-state index contributed by atoms with van der Waals surface area (Å²) in [6, 6.07) is 6.87. The second kappa shape index (κ2) is 5.87. The van der Waals surface area contributed by atoms with Crippen LogP contribution in [0, 0.1) is 6.08 Å². The molecule has 2 heterocycles. The van der Waals surface area contributed by atoms with Crippen molar-refractivity contribution in [2.24, 2.45) is 0 Å². The Morgan fingerprint density at radius 2 is 2.04 bits per heavy atom. The minimum absolute atomic E-state index is 0.0439. The van der Waals surface area contributed by atoms with Gasteiger partial charge in [0.1, 0.15) is 5.52 Å². The number of rotatable bonds is 4. The van der Waals surface area contributed by atoms with Crippen molar-refractivity contribution >= 4 is 24.6 Å². The number of nitrogens with zero attached hydrogens (tertiary/aromatic N) is 4. The van der Waals surface area contributed by atoms with E-state index < -0.39 is 18.8 Å². The molecule has 0 spiro atoms. The average molecular weight is 365 g/mol. The van der Waals surface area contributed by atoms with E-state index in [1.807, 2.05) is 0 Å². The van der Waals surface area contributed by atoms with Gasteiger partial charge < -0.3 is 20.1 Å². The maximum absolute atomic E-state index is 13.4. The Kier molecular flexibility index (Phi) is 4.10. The van der Waals surface area contributed by atoms with Crippen LogP contribution in [0.5, 0.6) is 0 Å². The van der Waals surface area contributed by atoms with Crippen LogP contribution in [0.2, 0.25) is 0 Å². The molecule has 0 fully saturated rings.